The van der Waals surface area contributed by atoms with Crippen molar-refractivity contribution >= 4 is 17.9 Å². The van der Waals surface area contributed by atoms with Crippen LogP contribution in [0.25, 0.3) is 0 Å². The van der Waals surface area contributed by atoms with Crippen LogP contribution in [0.15, 0.2) is 36.0 Å². The molecule has 1 atom stereocenters. The fourth-order valence-electron chi connectivity index (χ4n) is 1.13. The van der Waals surface area contributed by atoms with Gasteiger partial charge >= 0.3 is 17.9 Å². The molecule has 7 nitrogen and oxygen atoms in total. The molecule has 0 aromatic heterocycles. The third kappa shape index (κ3) is 10.3. The molecule has 0 saturated carbocycles. The molecule has 24 heavy (non-hydrogen) atoms. The Morgan fingerprint density at radius 3 is 2.21 bits per heavy atom. The molecule has 1 rings (SSSR count). The quantitative estimate of drug-likeness (QED) is 0.312. The van der Waals surface area contributed by atoms with Gasteiger partial charge in [-0.15, -0.1) is 0 Å². The van der Waals surface area contributed by atoms with Gasteiger partial charge in [0.05, 0.1) is 18.8 Å². The first kappa shape index (κ1) is 21.6. The van der Waals surface area contributed by atoms with Crippen LogP contribution in [0, 0.1) is 0 Å². The van der Waals surface area contributed by atoms with Crippen molar-refractivity contribution in [2.24, 2.45) is 0 Å². The molecule has 1 aliphatic heterocycles. The number of carbonyl (C=O) groups excluding carboxylic acids is 2. The molecule has 0 aliphatic carbocycles. The van der Waals surface area contributed by atoms with Crippen LogP contribution in [-0.4, -0.2) is 48.9 Å². The van der Waals surface area contributed by atoms with E-state index in [2.05, 4.69) is 13.2 Å². The Kier molecular flexibility index (Phi) is 10.1. The maximum absolute atomic E-state index is 11.1. The SMILES string of the molecule is C=C(C)C(=O)OCC1CO1.C=C(C=C(C)C(=O)O)C(=O)OCCC. The number of aliphatic carboxylic acids is 1. The lowest BCUT2D eigenvalue weighted by Gasteiger charge is -2.02. The Labute approximate surface area is 141 Å². The van der Waals surface area contributed by atoms with Gasteiger partial charge in [0.15, 0.2) is 0 Å². The van der Waals surface area contributed by atoms with Gasteiger partial charge in [0.25, 0.3) is 0 Å². The maximum atomic E-state index is 11.1. The second-order valence-electron chi connectivity index (χ2n) is 5.13. The Morgan fingerprint density at radius 1 is 1.21 bits per heavy atom. The van der Waals surface area contributed by atoms with E-state index in [0.29, 0.717) is 25.4 Å². The lowest BCUT2D eigenvalue weighted by atomic mass is 10.2. The summed E-state index contributed by atoms with van der Waals surface area (Å²) < 4.78 is 14.4. The smallest absolute Gasteiger partial charge is 0.337 e. The lowest BCUT2D eigenvalue weighted by Crippen LogP contribution is -2.09. The van der Waals surface area contributed by atoms with Crippen molar-refractivity contribution < 1.29 is 33.7 Å². The van der Waals surface area contributed by atoms with E-state index in [1.807, 2.05) is 6.92 Å². The number of carbonyl (C=O) groups is 3. The van der Waals surface area contributed by atoms with Crippen LogP contribution in [0.2, 0.25) is 0 Å². The van der Waals surface area contributed by atoms with Gasteiger partial charge in [-0.25, -0.2) is 14.4 Å². The van der Waals surface area contributed by atoms with Gasteiger partial charge in [-0.3, -0.25) is 0 Å². The number of epoxide rings is 1. The lowest BCUT2D eigenvalue weighted by molar-refractivity contribution is -0.140. The number of rotatable bonds is 8. The van der Waals surface area contributed by atoms with Crippen molar-refractivity contribution in [2.45, 2.75) is 33.3 Å². The van der Waals surface area contributed by atoms with Crippen molar-refractivity contribution in [2.75, 3.05) is 19.8 Å². The molecule has 0 aromatic rings. The van der Waals surface area contributed by atoms with Crippen molar-refractivity contribution in [3.63, 3.8) is 0 Å². The summed E-state index contributed by atoms with van der Waals surface area (Å²) in [4.78, 5) is 32.2. The highest BCUT2D eigenvalue weighted by molar-refractivity contribution is 5.94. The zero-order valence-electron chi connectivity index (χ0n) is 14.3. The summed E-state index contributed by atoms with van der Waals surface area (Å²) in [6.45, 7) is 13.1. The highest BCUT2D eigenvalue weighted by Crippen LogP contribution is 2.09. The molecule has 1 heterocycles. The molecular weight excluding hydrogens is 316 g/mol. The van der Waals surface area contributed by atoms with Crippen LogP contribution in [0.3, 0.4) is 0 Å². The van der Waals surface area contributed by atoms with Gasteiger partial charge in [0, 0.05) is 11.1 Å². The van der Waals surface area contributed by atoms with Crippen molar-refractivity contribution in [3.05, 3.63) is 36.0 Å². The molecule has 134 valence electrons. The van der Waals surface area contributed by atoms with E-state index in [1.54, 1.807) is 6.92 Å². The Balaban J connectivity index is 0.000000463. The average Bonchev–Trinajstić information content (AvgIpc) is 3.34. The summed E-state index contributed by atoms with van der Waals surface area (Å²) in [6.07, 6.45) is 2.06. The average molecular weight is 340 g/mol. The number of hydrogen-bond donors (Lipinski definition) is 1. The number of ether oxygens (including phenoxy) is 3. The van der Waals surface area contributed by atoms with E-state index in [9.17, 15) is 14.4 Å². The zero-order valence-corrected chi connectivity index (χ0v) is 14.3. The van der Waals surface area contributed by atoms with Crippen molar-refractivity contribution in [1.82, 2.24) is 0 Å². The van der Waals surface area contributed by atoms with Crippen LogP contribution in [0.5, 0.6) is 0 Å². The summed E-state index contributed by atoms with van der Waals surface area (Å²) in [5, 5.41) is 8.53. The summed E-state index contributed by atoms with van der Waals surface area (Å²) in [7, 11) is 0. The van der Waals surface area contributed by atoms with Crippen LogP contribution < -0.4 is 0 Å². The van der Waals surface area contributed by atoms with Gasteiger partial charge in [-0.1, -0.05) is 20.1 Å². The molecule has 7 heteroatoms. The Morgan fingerprint density at radius 2 is 1.79 bits per heavy atom. The first-order valence-corrected chi connectivity index (χ1v) is 7.40. The zero-order chi connectivity index (χ0) is 18.7. The topological polar surface area (TPSA) is 102 Å². The molecule has 1 saturated heterocycles. The summed E-state index contributed by atoms with van der Waals surface area (Å²) in [5.41, 5.74) is 0.544. The molecule has 1 fully saturated rings. The van der Waals surface area contributed by atoms with Crippen molar-refractivity contribution in [1.29, 1.82) is 0 Å². The number of hydrogen-bond acceptors (Lipinski definition) is 6. The van der Waals surface area contributed by atoms with Crippen LogP contribution in [0.1, 0.15) is 27.2 Å². The van der Waals surface area contributed by atoms with E-state index in [4.69, 9.17) is 19.3 Å². The molecule has 0 spiro atoms. The number of carboxylic acids is 1. The summed E-state index contributed by atoms with van der Waals surface area (Å²) in [5.74, 6) is -1.99. The van der Waals surface area contributed by atoms with E-state index in [0.717, 1.165) is 6.42 Å². The van der Waals surface area contributed by atoms with Gasteiger partial charge in [-0.05, 0) is 26.3 Å². The van der Waals surface area contributed by atoms with E-state index in [-0.39, 0.29) is 23.2 Å². The predicted molar refractivity (Wildman–Crippen MR) is 87.3 cm³/mol. The van der Waals surface area contributed by atoms with E-state index in [1.165, 1.54) is 13.0 Å². The fraction of sp³-hybridized carbons (Fsp3) is 0.471. The van der Waals surface area contributed by atoms with E-state index >= 15 is 0 Å². The maximum Gasteiger partial charge on any atom is 0.337 e. The minimum Gasteiger partial charge on any atom is -0.478 e. The molecule has 0 amide bonds. The molecule has 0 bridgehead atoms. The Bertz CT molecular complexity index is 527. The summed E-state index contributed by atoms with van der Waals surface area (Å²) in [6, 6.07) is 0. The number of esters is 2. The summed E-state index contributed by atoms with van der Waals surface area (Å²) >= 11 is 0. The van der Waals surface area contributed by atoms with Crippen LogP contribution in [0.4, 0.5) is 0 Å². The normalized spacial score (nSPS) is 15.5. The minimum absolute atomic E-state index is 0.0540. The minimum atomic E-state index is -1.07. The van der Waals surface area contributed by atoms with Gasteiger partial charge in [0.2, 0.25) is 0 Å². The third-order valence-electron chi connectivity index (χ3n) is 2.58. The fourth-order valence-corrected chi connectivity index (χ4v) is 1.13. The standard InChI is InChI=1S/C10H14O4.C7H10O3/c1-4-5-14-10(13)8(3)6-7(2)9(11)12;1-5(2)7(8)10-4-6-3-9-6/h6H,3-5H2,1-2H3,(H,11,12);6H,1,3-4H2,2H3. The van der Waals surface area contributed by atoms with Crippen LogP contribution >= 0.6 is 0 Å². The Hall–Kier alpha value is -2.41. The van der Waals surface area contributed by atoms with Crippen molar-refractivity contribution in [3.8, 4) is 0 Å². The highest BCUT2D eigenvalue weighted by Gasteiger charge is 2.24. The second-order valence-corrected chi connectivity index (χ2v) is 5.13. The van der Waals surface area contributed by atoms with E-state index < -0.39 is 11.9 Å². The molecule has 0 radical (unpaired) electrons. The predicted octanol–water partition coefficient (Wildman–Crippen LogP) is 2.03. The largest absolute Gasteiger partial charge is 0.478 e. The first-order valence-electron chi connectivity index (χ1n) is 7.40. The highest BCUT2D eigenvalue weighted by atomic mass is 16.6. The monoisotopic (exact) mass is 340 g/mol. The van der Waals surface area contributed by atoms with Gasteiger partial charge in [0.1, 0.15) is 12.7 Å². The van der Waals surface area contributed by atoms with Crippen LogP contribution in [-0.2, 0) is 28.6 Å². The molecule has 1 aliphatic rings. The second kappa shape index (κ2) is 11.2. The molecular formula is C17H24O7. The molecule has 1 N–H and O–H groups in total. The first-order chi connectivity index (χ1) is 11.2. The van der Waals surface area contributed by atoms with Gasteiger partial charge in [-0.2, -0.15) is 0 Å². The number of carboxylic acid groups (broad SMARTS) is 1. The molecule has 1 unspecified atom stereocenters. The molecule has 0 aromatic carbocycles. The van der Waals surface area contributed by atoms with Gasteiger partial charge < -0.3 is 19.3 Å². The third-order valence-corrected chi connectivity index (χ3v) is 2.58.